The number of carbonyl (C=O) groups is 2. The number of methoxy groups -OCH3 is 1. The quantitative estimate of drug-likeness (QED) is 0.638. The zero-order valence-corrected chi connectivity index (χ0v) is 18.2. The lowest BCUT2D eigenvalue weighted by Gasteiger charge is -2.33. The third kappa shape index (κ3) is 6.43. The van der Waals surface area contributed by atoms with Crippen molar-refractivity contribution < 1.29 is 27.5 Å². The van der Waals surface area contributed by atoms with E-state index in [0.29, 0.717) is 11.7 Å². The molecule has 1 aliphatic carbocycles. The Morgan fingerprint density at radius 1 is 1.17 bits per heavy atom. The summed E-state index contributed by atoms with van der Waals surface area (Å²) in [5.74, 6) is 0.0998. The molecule has 1 saturated carbocycles. The first-order valence-corrected chi connectivity index (χ1v) is 11.2. The molecule has 9 heteroatoms. The molecule has 1 amide bonds. The van der Waals surface area contributed by atoms with Crippen LogP contribution in [0.25, 0.3) is 0 Å². The second-order valence-electron chi connectivity index (χ2n) is 7.54. The van der Waals surface area contributed by atoms with E-state index in [0.717, 1.165) is 25.7 Å². The summed E-state index contributed by atoms with van der Waals surface area (Å²) >= 11 is 0. The summed E-state index contributed by atoms with van der Waals surface area (Å²) in [6.45, 7) is 3.17. The second-order valence-corrected chi connectivity index (χ2v) is 9.26. The van der Waals surface area contributed by atoms with Gasteiger partial charge < -0.3 is 14.4 Å². The van der Waals surface area contributed by atoms with Crippen LogP contribution in [0, 0.1) is 5.92 Å². The lowest BCUT2D eigenvalue weighted by atomic mass is 9.87. The van der Waals surface area contributed by atoms with Crippen LogP contribution in [-0.4, -0.2) is 58.0 Å². The van der Waals surface area contributed by atoms with Crippen LogP contribution >= 0.6 is 0 Å². The van der Waals surface area contributed by atoms with Crippen LogP contribution in [0.4, 0.5) is 0 Å². The highest BCUT2D eigenvalue weighted by Crippen LogP contribution is 2.26. The molecule has 1 atom stereocenters. The van der Waals surface area contributed by atoms with Crippen LogP contribution in [0.5, 0.6) is 5.75 Å². The van der Waals surface area contributed by atoms with Crippen molar-refractivity contribution in [2.75, 3.05) is 20.8 Å². The average molecular weight is 427 g/mol. The van der Waals surface area contributed by atoms with E-state index in [1.165, 1.54) is 38.3 Å². The smallest absolute Gasteiger partial charge is 0.324 e. The molecule has 0 aromatic heterocycles. The molecule has 1 aromatic rings. The third-order valence-electron chi connectivity index (χ3n) is 5.32. The number of hydrogen-bond donors (Lipinski definition) is 1. The molecule has 1 aromatic carbocycles. The van der Waals surface area contributed by atoms with Gasteiger partial charge in [0, 0.05) is 13.1 Å². The van der Waals surface area contributed by atoms with Crippen molar-refractivity contribution in [2.24, 2.45) is 5.92 Å². The monoisotopic (exact) mass is 426 g/mol. The maximum Gasteiger partial charge on any atom is 0.324 e. The van der Waals surface area contributed by atoms with Crippen molar-refractivity contribution in [1.82, 2.24) is 9.62 Å². The molecule has 0 bridgehead atoms. The fourth-order valence-corrected chi connectivity index (χ4v) is 4.49. The van der Waals surface area contributed by atoms with Crippen molar-refractivity contribution in [3.63, 3.8) is 0 Å². The van der Waals surface area contributed by atoms with E-state index in [4.69, 9.17) is 9.47 Å². The highest BCUT2D eigenvalue weighted by Gasteiger charge is 2.27. The Hall–Kier alpha value is -2.13. The predicted octanol–water partition coefficient (Wildman–Crippen LogP) is 1.94. The molecule has 0 aliphatic heterocycles. The molecule has 2 rings (SSSR count). The van der Waals surface area contributed by atoms with E-state index >= 15 is 0 Å². The molecule has 0 heterocycles. The van der Waals surface area contributed by atoms with Gasteiger partial charge in [-0.1, -0.05) is 6.92 Å². The SMILES string of the molecule is COc1ccc(S(=O)(=O)N[C@@H](C)C(=O)OCC(=O)N(C)C2CCC(C)CC2)cc1. The van der Waals surface area contributed by atoms with Gasteiger partial charge in [-0.2, -0.15) is 4.72 Å². The van der Waals surface area contributed by atoms with Crippen LogP contribution in [0.1, 0.15) is 39.5 Å². The highest BCUT2D eigenvalue weighted by atomic mass is 32.2. The van der Waals surface area contributed by atoms with Gasteiger partial charge in [0.1, 0.15) is 11.8 Å². The largest absolute Gasteiger partial charge is 0.497 e. The third-order valence-corrected chi connectivity index (χ3v) is 6.88. The lowest BCUT2D eigenvalue weighted by molar-refractivity contribution is -0.153. The van der Waals surface area contributed by atoms with Crippen LogP contribution in [-0.2, 0) is 24.3 Å². The summed E-state index contributed by atoms with van der Waals surface area (Å²) in [5.41, 5.74) is 0. The molecular formula is C20H30N2O6S. The Balaban J connectivity index is 1.85. The number of rotatable bonds is 8. The highest BCUT2D eigenvalue weighted by molar-refractivity contribution is 7.89. The molecule has 8 nitrogen and oxygen atoms in total. The molecular weight excluding hydrogens is 396 g/mol. The molecule has 1 aliphatic rings. The molecule has 0 spiro atoms. The Labute approximate surface area is 172 Å². The standard InChI is InChI=1S/C20H30N2O6S/c1-14-5-7-16(8-6-14)22(3)19(23)13-28-20(24)15(2)21-29(25,26)18-11-9-17(27-4)10-12-18/h9-12,14-16,21H,5-8,13H2,1-4H3/t14?,15-,16?/m0/s1. The number of amides is 1. The molecule has 0 radical (unpaired) electrons. The second kappa shape index (κ2) is 10.1. The number of hydrogen-bond acceptors (Lipinski definition) is 6. The van der Waals surface area contributed by atoms with Crippen molar-refractivity contribution in [3.8, 4) is 5.75 Å². The van der Waals surface area contributed by atoms with Crippen LogP contribution in [0.2, 0.25) is 0 Å². The van der Waals surface area contributed by atoms with E-state index in [1.807, 2.05) is 0 Å². The summed E-state index contributed by atoms with van der Waals surface area (Å²) in [5, 5.41) is 0. The van der Waals surface area contributed by atoms with Gasteiger partial charge in [0.05, 0.1) is 12.0 Å². The fraction of sp³-hybridized carbons (Fsp3) is 0.600. The van der Waals surface area contributed by atoms with Crippen LogP contribution < -0.4 is 9.46 Å². The Morgan fingerprint density at radius 3 is 2.31 bits per heavy atom. The van der Waals surface area contributed by atoms with E-state index in [9.17, 15) is 18.0 Å². The molecule has 29 heavy (non-hydrogen) atoms. The minimum Gasteiger partial charge on any atom is -0.497 e. The first kappa shape index (κ1) is 23.2. The maximum atomic E-state index is 12.4. The first-order chi connectivity index (χ1) is 13.6. The minimum atomic E-state index is -3.91. The van der Waals surface area contributed by atoms with E-state index in [-0.39, 0.29) is 16.8 Å². The molecule has 1 N–H and O–H groups in total. The minimum absolute atomic E-state index is 0.000265. The van der Waals surface area contributed by atoms with Gasteiger partial charge in [0.25, 0.3) is 5.91 Å². The van der Waals surface area contributed by atoms with Gasteiger partial charge in [0.2, 0.25) is 10.0 Å². The van der Waals surface area contributed by atoms with E-state index in [1.54, 1.807) is 11.9 Å². The number of nitrogens with one attached hydrogen (secondary N) is 1. The fourth-order valence-electron chi connectivity index (χ4n) is 3.30. The van der Waals surface area contributed by atoms with Crippen LogP contribution in [0.15, 0.2) is 29.2 Å². The molecule has 0 unspecified atom stereocenters. The normalized spacial score (nSPS) is 20.6. The molecule has 0 saturated heterocycles. The predicted molar refractivity (Wildman–Crippen MR) is 108 cm³/mol. The Bertz CT molecular complexity index is 801. The summed E-state index contributed by atoms with van der Waals surface area (Å²) < 4.78 is 37.1. The molecule has 1 fully saturated rings. The van der Waals surface area contributed by atoms with Crippen molar-refractivity contribution >= 4 is 21.9 Å². The van der Waals surface area contributed by atoms with Crippen molar-refractivity contribution in [2.45, 2.75) is 56.5 Å². The average Bonchev–Trinajstić information content (AvgIpc) is 2.71. The number of nitrogens with zero attached hydrogens (tertiary/aromatic N) is 1. The number of ether oxygens (including phenoxy) is 2. The van der Waals surface area contributed by atoms with E-state index in [2.05, 4.69) is 11.6 Å². The number of carbonyl (C=O) groups excluding carboxylic acids is 2. The summed E-state index contributed by atoms with van der Waals surface area (Å²) in [6, 6.07) is 4.81. The summed E-state index contributed by atoms with van der Waals surface area (Å²) in [7, 11) is -0.714. The topological polar surface area (TPSA) is 102 Å². The number of esters is 1. The molecule has 162 valence electrons. The number of likely N-dealkylation sites (N-methyl/N-ethyl adjacent to an activating group) is 1. The number of sulfonamides is 1. The van der Waals surface area contributed by atoms with Gasteiger partial charge in [-0.25, -0.2) is 8.42 Å². The van der Waals surface area contributed by atoms with Crippen LogP contribution in [0.3, 0.4) is 0 Å². The number of benzene rings is 1. The van der Waals surface area contributed by atoms with Gasteiger partial charge in [-0.15, -0.1) is 0 Å². The lowest BCUT2D eigenvalue weighted by Crippen LogP contribution is -2.43. The summed E-state index contributed by atoms with van der Waals surface area (Å²) in [4.78, 5) is 26.1. The first-order valence-electron chi connectivity index (χ1n) is 9.72. The Kier molecular flexibility index (Phi) is 8.04. The zero-order valence-electron chi connectivity index (χ0n) is 17.4. The van der Waals surface area contributed by atoms with E-state index < -0.39 is 28.6 Å². The van der Waals surface area contributed by atoms with Gasteiger partial charge >= 0.3 is 5.97 Å². The van der Waals surface area contributed by atoms with Gasteiger partial charge in [-0.3, -0.25) is 9.59 Å². The van der Waals surface area contributed by atoms with Gasteiger partial charge in [-0.05, 0) is 62.8 Å². The summed E-state index contributed by atoms with van der Waals surface area (Å²) in [6.07, 6.45) is 4.03. The van der Waals surface area contributed by atoms with Crippen molar-refractivity contribution in [3.05, 3.63) is 24.3 Å². The zero-order chi connectivity index (χ0) is 21.6. The van der Waals surface area contributed by atoms with Crippen molar-refractivity contribution in [1.29, 1.82) is 0 Å². The Morgan fingerprint density at radius 2 is 1.76 bits per heavy atom. The van der Waals surface area contributed by atoms with Gasteiger partial charge in [0.15, 0.2) is 6.61 Å². The maximum absolute atomic E-state index is 12.4.